The number of aromatic nitrogens is 1. The van der Waals surface area contributed by atoms with E-state index < -0.39 is 0 Å². The Morgan fingerprint density at radius 2 is 1.95 bits per heavy atom. The molecule has 0 aliphatic rings. The van der Waals surface area contributed by atoms with Gasteiger partial charge in [-0.25, -0.2) is 4.98 Å². The first kappa shape index (κ1) is 15.4. The minimum atomic E-state index is 0.117. The molecule has 1 atom stereocenters. The molecule has 1 N–H and O–H groups in total. The van der Waals surface area contributed by atoms with Crippen molar-refractivity contribution in [1.82, 2.24) is 4.98 Å². The number of hydrogen-bond donors (Lipinski definition) is 1. The molecule has 1 aromatic heterocycles. The third-order valence-corrected chi connectivity index (χ3v) is 3.61. The van der Waals surface area contributed by atoms with E-state index in [1.54, 1.807) is 20.4 Å². The zero-order valence-corrected chi connectivity index (χ0v) is 13.1. The Morgan fingerprint density at radius 3 is 2.57 bits per heavy atom. The molecule has 1 heterocycles. The molecule has 5 heteroatoms. The maximum absolute atomic E-state index is 6.10. The van der Waals surface area contributed by atoms with E-state index in [1.165, 1.54) is 0 Å². The number of benzene rings is 1. The van der Waals surface area contributed by atoms with E-state index in [-0.39, 0.29) is 6.04 Å². The minimum absolute atomic E-state index is 0.117. The maximum atomic E-state index is 6.10. The van der Waals surface area contributed by atoms with Gasteiger partial charge in [-0.05, 0) is 36.2 Å². The van der Waals surface area contributed by atoms with E-state index in [1.807, 2.05) is 30.3 Å². The van der Waals surface area contributed by atoms with E-state index in [0.29, 0.717) is 10.9 Å². The first-order chi connectivity index (χ1) is 10.2. The number of hydrogen-bond acceptors (Lipinski definition) is 4. The summed E-state index contributed by atoms with van der Waals surface area (Å²) in [5.41, 5.74) is 1.93. The molecule has 0 saturated heterocycles. The summed E-state index contributed by atoms with van der Waals surface area (Å²) < 4.78 is 10.6. The van der Waals surface area contributed by atoms with Gasteiger partial charge in [0.15, 0.2) is 16.7 Å². The van der Waals surface area contributed by atoms with Crippen LogP contribution in [0.25, 0.3) is 0 Å². The van der Waals surface area contributed by atoms with E-state index in [2.05, 4.69) is 17.2 Å². The van der Waals surface area contributed by atoms with E-state index in [0.717, 1.165) is 23.4 Å². The highest BCUT2D eigenvalue weighted by atomic mass is 35.5. The molecule has 0 bridgehead atoms. The van der Waals surface area contributed by atoms with Gasteiger partial charge < -0.3 is 14.8 Å². The van der Waals surface area contributed by atoms with Crippen LogP contribution in [0.1, 0.15) is 24.9 Å². The van der Waals surface area contributed by atoms with Gasteiger partial charge >= 0.3 is 0 Å². The summed E-state index contributed by atoms with van der Waals surface area (Å²) in [5, 5.41) is 3.88. The standard InChI is InChI=1S/C16H19ClN2O2/c1-4-12(19-13-6-5-9-18-16(13)17)11-7-8-14(20-2)15(10-11)21-3/h5-10,12,19H,4H2,1-3H3. The van der Waals surface area contributed by atoms with Gasteiger partial charge in [0.1, 0.15) is 0 Å². The molecular formula is C16H19ClN2O2. The van der Waals surface area contributed by atoms with Crippen molar-refractivity contribution in [2.24, 2.45) is 0 Å². The summed E-state index contributed by atoms with van der Waals surface area (Å²) in [4.78, 5) is 4.08. The topological polar surface area (TPSA) is 43.4 Å². The van der Waals surface area contributed by atoms with E-state index in [9.17, 15) is 0 Å². The smallest absolute Gasteiger partial charge is 0.161 e. The van der Waals surface area contributed by atoms with Gasteiger partial charge in [0.25, 0.3) is 0 Å². The number of ether oxygens (including phenoxy) is 2. The lowest BCUT2D eigenvalue weighted by molar-refractivity contribution is 0.354. The first-order valence-electron chi connectivity index (χ1n) is 6.78. The van der Waals surface area contributed by atoms with Gasteiger partial charge in [-0.2, -0.15) is 0 Å². The molecule has 0 fully saturated rings. The predicted octanol–water partition coefficient (Wildman–Crippen LogP) is 4.32. The van der Waals surface area contributed by atoms with Crippen molar-refractivity contribution >= 4 is 17.3 Å². The van der Waals surface area contributed by atoms with Gasteiger partial charge in [0, 0.05) is 6.20 Å². The van der Waals surface area contributed by atoms with Crippen LogP contribution in [0.15, 0.2) is 36.5 Å². The molecule has 0 amide bonds. The second-order valence-electron chi connectivity index (χ2n) is 4.56. The number of nitrogens with zero attached hydrogens (tertiary/aromatic N) is 1. The van der Waals surface area contributed by atoms with Crippen molar-refractivity contribution in [1.29, 1.82) is 0 Å². The van der Waals surface area contributed by atoms with Gasteiger partial charge in [-0.1, -0.05) is 24.6 Å². The fraction of sp³-hybridized carbons (Fsp3) is 0.312. The van der Waals surface area contributed by atoms with Crippen molar-refractivity contribution in [3.63, 3.8) is 0 Å². The Labute approximate surface area is 130 Å². The van der Waals surface area contributed by atoms with Crippen molar-refractivity contribution < 1.29 is 9.47 Å². The second-order valence-corrected chi connectivity index (χ2v) is 4.92. The van der Waals surface area contributed by atoms with Crippen LogP contribution < -0.4 is 14.8 Å². The van der Waals surface area contributed by atoms with Crippen LogP contribution in [0.2, 0.25) is 5.15 Å². The Hall–Kier alpha value is -1.94. The molecule has 2 aromatic rings. The molecule has 0 aliphatic heterocycles. The molecule has 112 valence electrons. The SMILES string of the molecule is CCC(Nc1cccnc1Cl)c1ccc(OC)c(OC)c1. The third-order valence-electron chi connectivity index (χ3n) is 3.31. The number of anilines is 1. The van der Waals surface area contributed by atoms with Gasteiger partial charge in [0.2, 0.25) is 0 Å². The van der Waals surface area contributed by atoms with Crippen LogP contribution in [0.4, 0.5) is 5.69 Å². The number of rotatable bonds is 6. The molecule has 2 rings (SSSR count). The zero-order chi connectivity index (χ0) is 15.2. The first-order valence-corrected chi connectivity index (χ1v) is 7.16. The summed E-state index contributed by atoms with van der Waals surface area (Å²) in [5.74, 6) is 1.43. The minimum Gasteiger partial charge on any atom is -0.493 e. The van der Waals surface area contributed by atoms with E-state index in [4.69, 9.17) is 21.1 Å². The molecule has 0 radical (unpaired) electrons. The highest BCUT2D eigenvalue weighted by Gasteiger charge is 2.14. The number of nitrogens with one attached hydrogen (secondary N) is 1. The van der Waals surface area contributed by atoms with Gasteiger partial charge in [0.05, 0.1) is 25.9 Å². The molecule has 1 unspecified atom stereocenters. The number of pyridine rings is 1. The second kappa shape index (κ2) is 7.18. The van der Waals surface area contributed by atoms with Crippen molar-refractivity contribution in [2.45, 2.75) is 19.4 Å². The summed E-state index contributed by atoms with van der Waals surface area (Å²) in [6.45, 7) is 2.11. The van der Waals surface area contributed by atoms with Crippen LogP contribution in [0, 0.1) is 0 Å². The summed E-state index contributed by atoms with van der Waals surface area (Å²) in [7, 11) is 3.26. The highest BCUT2D eigenvalue weighted by Crippen LogP contribution is 2.33. The normalized spacial score (nSPS) is 11.8. The molecule has 4 nitrogen and oxygen atoms in total. The average molecular weight is 307 g/mol. The van der Waals surface area contributed by atoms with Crippen LogP contribution in [0.3, 0.4) is 0 Å². The Morgan fingerprint density at radius 1 is 1.19 bits per heavy atom. The lowest BCUT2D eigenvalue weighted by Gasteiger charge is -2.20. The number of halogens is 1. The van der Waals surface area contributed by atoms with Crippen molar-refractivity contribution in [2.75, 3.05) is 19.5 Å². The van der Waals surface area contributed by atoms with Crippen LogP contribution in [0.5, 0.6) is 11.5 Å². The Balaban J connectivity index is 2.27. The summed E-state index contributed by atoms with van der Waals surface area (Å²) in [6.07, 6.45) is 2.57. The quantitative estimate of drug-likeness (QED) is 0.807. The third kappa shape index (κ3) is 3.58. The summed E-state index contributed by atoms with van der Waals surface area (Å²) in [6, 6.07) is 9.79. The largest absolute Gasteiger partial charge is 0.493 e. The number of methoxy groups -OCH3 is 2. The van der Waals surface area contributed by atoms with E-state index >= 15 is 0 Å². The molecule has 1 aromatic carbocycles. The lowest BCUT2D eigenvalue weighted by Crippen LogP contribution is -2.10. The van der Waals surface area contributed by atoms with Crippen molar-refractivity contribution in [3.05, 3.63) is 47.2 Å². The lowest BCUT2D eigenvalue weighted by atomic mass is 10.0. The highest BCUT2D eigenvalue weighted by molar-refractivity contribution is 6.31. The molecule has 0 spiro atoms. The zero-order valence-electron chi connectivity index (χ0n) is 12.4. The molecule has 21 heavy (non-hydrogen) atoms. The maximum Gasteiger partial charge on any atom is 0.161 e. The predicted molar refractivity (Wildman–Crippen MR) is 85.4 cm³/mol. The van der Waals surface area contributed by atoms with Crippen molar-refractivity contribution in [3.8, 4) is 11.5 Å². The summed E-state index contributed by atoms with van der Waals surface area (Å²) >= 11 is 6.10. The monoisotopic (exact) mass is 306 g/mol. The van der Waals surface area contributed by atoms with Crippen LogP contribution in [-0.4, -0.2) is 19.2 Å². The van der Waals surface area contributed by atoms with Gasteiger partial charge in [-0.3, -0.25) is 0 Å². The fourth-order valence-corrected chi connectivity index (χ4v) is 2.35. The fourth-order valence-electron chi connectivity index (χ4n) is 2.17. The Bertz CT molecular complexity index is 605. The molecular weight excluding hydrogens is 288 g/mol. The van der Waals surface area contributed by atoms with Gasteiger partial charge in [-0.15, -0.1) is 0 Å². The molecule has 0 saturated carbocycles. The van der Waals surface area contributed by atoms with Crippen LogP contribution in [-0.2, 0) is 0 Å². The molecule has 0 aliphatic carbocycles. The average Bonchev–Trinajstić information content (AvgIpc) is 2.53. The Kier molecular flexibility index (Phi) is 5.28. The van der Waals surface area contributed by atoms with Crippen LogP contribution >= 0.6 is 11.6 Å².